The Kier molecular flexibility index (Phi) is 4.66. The third-order valence-corrected chi connectivity index (χ3v) is 4.39. The van der Waals surface area contributed by atoms with Crippen LogP contribution in [0.15, 0.2) is 47.1 Å². The van der Waals surface area contributed by atoms with Crippen LogP contribution in [-0.2, 0) is 11.3 Å². The van der Waals surface area contributed by atoms with Crippen LogP contribution in [0.4, 0.5) is 8.78 Å². The van der Waals surface area contributed by atoms with Crippen molar-refractivity contribution in [2.24, 2.45) is 0 Å². The molecular formula is C18H14BrF2NO2. The Bertz CT molecular complexity index is 921. The average molecular weight is 394 g/mol. The van der Waals surface area contributed by atoms with Gasteiger partial charge in [0.05, 0.1) is 18.7 Å². The maximum Gasteiger partial charge on any atom is 0.338 e. The second-order valence-electron chi connectivity index (χ2n) is 5.23. The molecule has 0 aliphatic rings. The van der Waals surface area contributed by atoms with Gasteiger partial charge in [0.15, 0.2) is 11.6 Å². The number of benzene rings is 2. The van der Waals surface area contributed by atoms with Gasteiger partial charge in [0.2, 0.25) is 0 Å². The van der Waals surface area contributed by atoms with Gasteiger partial charge in [-0.3, -0.25) is 0 Å². The Morgan fingerprint density at radius 3 is 2.71 bits per heavy atom. The molecule has 3 nitrogen and oxygen atoms in total. The lowest BCUT2D eigenvalue weighted by molar-refractivity contribution is 0.0524. The van der Waals surface area contributed by atoms with Gasteiger partial charge < -0.3 is 9.30 Å². The topological polar surface area (TPSA) is 31.2 Å². The van der Waals surface area contributed by atoms with Crippen molar-refractivity contribution in [3.8, 4) is 0 Å². The van der Waals surface area contributed by atoms with Gasteiger partial charge in [-0.15, -0.1) is 0 Å². The van der Waals surface area contributed by atoms with E-state index in [2.05, 4.69) is 15.9 Å². The zero-order valence-corrected chi connectivity index (χ0v) is 14.4. The minimum absolute atomic E-state index is 0.0177. The number of rotatable bonds is 4. The van der Waals surface area contributed by atoms with Gasteiger partial charge in [0.1, 0.15) is 0 Å². The number of hydrogen-bond donors (Lipinski definition) is 0. The summed E-state index contributed by atoms with van der Waals surface area (Å²) in [6.45, 7) is 1.84. The van der Waals surface area contributed by atoms with Crippen LogP contribution in [0.3, 0.4) is 0 Å². The van der Waals surface area contributed by atoms with E-state index in [0.29, 0.717) is 0 Å². The zero-order valence-electron chi connectivity index (χ0n) is 12.9. The van der Waals surface area contributed by atoms with Crippen molar-refractivity contribution in [2.45, 2.75) is 13.5 Å². The lowest BCUT2D eigenvalue weighted by Gasteiger charge is -2.12. The summed E-state index contributed by atoms with van der Waals surface area (Å²) in [5.74, 6) is -2.69. The van der Waals surface area contributed by atoms with Crippen LogP contribution in [0.5, 0.6) is 0 Å². The van der Waals surface area contributed by atoms with E-state index >= 15 is 0 Å². The van der Waals surface area contributed by atoms with Crippen LogP contribution in [0.2, 0.25) is 0 Å². The Labute approximate surface area is 146 Å². The molecule has 2 aromatic carbocycles. The van der Waals surface area contributed by atoms with Gasteiger partial charge in [-0.1, -0.05) is 18.2 Å². The maximum atomic E-state index is 14.3. The lowest BCUT2D eigenvalue weighted by atomic mass is 10.1. The number of carbonyl (C=O) groups is 1. The van der Waals surface area contributed by atoms with Gasteiger partial charge in [-0.2, -0.15) is 0 Å². The summed E-state index contributed by atoms with van der Waals surface area (Å²) in [6, 6.07) is 9.75. The van der Waals surface area contributed by atoms with E-state index in [-0.39, 0.29) is 24.3 Å². The van der Waals surface area contributed by atoms with Crippen molar-refractivity contribution in [1.82, 2.24) is 4.57 Å². The first kappa shape index (κ1) is 16.6. The summed E-state index contributed by atoms with van der Waals surface area (Å²) in [6.07, 6.45) is 1.78. The highest BCUT2D eigenvalue weighted by Gasteiger charge is 2.20. The fraction of sp³-hybridized carbons (Fsp3) is 0.167. The second kappa shape index (κ2) is 6.73. The van der Waals surface area contributed by atoms with E-state index in [1.54, 1.807) is 17.7 Å². The van der Waals surface area contributed by atoms with E-state index in [0.717, 1.165) is 21.4 Å². The molecule has 0 atom stereocenters. The molecule has 3 rings (SSSR count). The molecule has 1 heterocycles. The van der Waals surface area contributed by atoms with E-state index < -0.39 is 17.6 Å². The van der Waals surface area contributed by atoms with Crippen molar-refractivity contribution < 1.29 is 18.3 Å². The molecule has 0 spiro atoms. The normalized spacial score (nSPS) is 11.0. The van der Waals surface area contributed by atoms with Crippen LogP contribution in [0, 0.1) is 11.6 Å². The predicted octanol–water partition coefficient (Wildman–Crippen LogP) is 4.91. The monoisotopic (exact) mass is 393 g/mol. The number of aromatic nitrogens is 1. The molecule has 0 aliphatic heterocycles. The Balaban J connectivity index is 2.11. The fourth-order valence-electron chi connectivity index (χ4n) is 2.65. The first-order valence-corrected chi connectivity index (χ1v) is 8.19. The van der Waals surface area contributed by atoms with Crippen molar-refractivity contribution in [3.63, 3.8) is 0 Å². The van der Waals surface area contributed by atoms with Crippen LogP contribution >= 0.6 is 15.9 Å². The number of nitrogens with zero attached hydrogens (tertiary/aromatic N) is 1. The van der Waals surface area contributed by atoms with E-state index in [1.807, 2.05) is 24.3 Å². The summed E-state index contributed by atoms with van der Waals surface area (Å²) < 4.78 is 35.6. The van der Waals surface area contributed by atoms with Gasteiger partial charge in [-0.05, 0) is 41.1 Å². The molecule has 0 aliphatic carbocycles. The molecule has 1 aromatic heterocycles. The smallest absolute Gasteiger partial charge is 0.338 e. The van der Waals surface area contributed by atoms with E-state index in [4.69, 9.17) is 4.74 Å². The van der Waals surface area contributed by atoms with Crippen LogP contribution in [0.1, 0.15) is 22.8 Å². The molecule has 6 heteroatoms. The molecule has 3 aromatic rings. The molecule has 0 unspecified atom stereocenters. The van der Waals surface area contributed by atoms with Gasteiger partial charge in [0, 0.05) is 27.1 Å². The van der Waals surface area contributed by atoms with Crippen LogP contribution in [0.25, 0.3) is 10.9 Å². The molecule has 0 saturated heterocycles. The maximum absolute atomic E-state index is 14.3. The van der Waals surface area contributed by atoms with Crippen LogP contribution in [-0.4, -0.2) is 17.1 Å². The van der Waals surface area contributed by atoms with E-state index in [9.17, 15) is 13.6 Å². The van der Waals surface area contributed by atoms with Crippen molar-refractivity contribution in [1.29, 1.82) is 0 Å². The zero-order chi connectivity index (χ0) is 17.3. The highest BCUT2D eigenvalue weighted by Crippen LogP contribution is 2.28. The standard InChI is InChI=1S/C18H14BrF2NO2/c1-2-24-18(23)11-7-8-15(20)17(21)13(11)9-22-10-14(19)12-5-3-4-6-16(12)22/h3-8,10H,2,9H2,1H3. The number of halogens is 3. The van der Waals surface area contributed by atoms with Crippen LogP contribution < -0.4 is 0 Å². The molecular weight excluding hydrogens is 380 g/mol. The summed E-state index contributed by atoms with van der Waals surface area (Å²) in [4.78, 5) is 12.1. The van der Waals surface area contributed by atoms with E-state index in [1.165, 1.54) is 6.07 Å². The fourth-order valence-corrected chi connectivity index (χ4v) is 3.23. The number of esters is 1. The Hall–Kier alpha value is -2.21. The lowest BCUT2D eigenvalue weighted by Crippen LogP contribution is -2.13. The molecule has 124 valence electrons. The highest BCUT2D eigenvalue weighted by atomic mass is 79.9. The van der Waals surface area contributed by atoms with Crippen molar-refractivity contribution in [3.05, 3.63) is 69.8 Å². The summed E-state index contributed by atoms with van der Waals surface area (Å²) in [5.41, 5.74) is 0.856. The quantitative estimate of drug-likeness (QED) is 0.589. The first-order valence-electron chi connectivity index (χ1n) is 7.40. The number of carbonyl (C=O) groups excluding carboxylic acids is 1. The molecule has 0 bridgehead atoms. The van der Waals surface area contributed by atoms with Gasteiger partial charge >= 0.3 is 5.97 Å². The Morgan fingerprint density at radius 1 is 1.21 bits per heavy atom. The third-order valence-electron chi connectivity index (χ3n) is 3.76. The summed E-state index contributed by atoms with van der Waals surface area (Å²) in [7, 11) is 0. The molecule has 0 N–H and O–H groups in total. The molecule has 24 heavy (non-hydrogen) atoms. The minimum atomic E-state index is -1.03. The predicted molar refractivity (Wildman–Crippen MR) is 91.1 cm³/mol. The third kappa shape index (κ3) is 2.94. The Morgan fingerprint density at radius 2 is 1.96 bits per heavy atom. The SMILES string of the molecule is CCOC(=O)c1ccc(F)c(F)c1Cn1cc(Br)c2ccccc21. The molecule has 0 fully saturated rings. The number of fused-ring (bicyclic) bond motifs is 1. The van der Waals surface area contributed by atoms with Crippen molar-refractivity contribution in [2.75, 3.05) is 6.61 Å². The van der Waals surface area contributed by atoms with Gasteiger partial charge in [0.25, 0.3) is 0 Å². The second-order valence-corrected chi connectivity index (χ2v) is 6.08. The largest absolute Gasteiger partial charge is 0.462 e. The average Bonchev–Trinajstić information content (AvgIpc) is 2.89. The first-order chi connectivity index (χ1) is 11.5. The highest BCUT2D eigenvalue weighted by molar-refractivity contribution is 9.10. The molecule has 0 saturated carbocycles. The number of hydrogen-bond acceptors (Lipinski definition) is 2. The summed E-state index contributed by atoms with van der Waals surface area (Å²) in [5, 5.41) is 0.951. The van der Waals surface area contributed by atoms with Gasteiger partial charge in [-0.25, -0.2) is 13.6 Å². The molecule has 0 radical (unpaired) electrons. The minimum Gasteiger partial charge on any atom is -0.462 e. The van der Waals surface area contributed by atoms with Crippen molar-refractivity contribution >= 4 is 32.8 Å². The molecule has 0 amide bonds. The number of para-hydroxylation sites is 1. The summed E-state index contributed by atoms with van der Waals surface area (Å²) >= 11 is 3.46. The number of ether oxygens (including phenoxy) is 1.